The molecule has 19 heavy (non-hydrogen) atoms. The Kier molecular flexibility index (Phi) is 4.44. The number of nitrogens with two attached hydrogens (primary N) is 1. The molecule has 100 valence electrons. The van der Waals surface area contributed by atoms with Crippen LogP contribution in [0.5, 0.6) is 0 Å². The van der Waals surface area contributed by atoms with Gasteiger partial charge in [-0.1, -0.05) is 6.07 Å². The quantitative estimate of drug-likeness (QED) is 0.728. The van der Waals surface area contributed by atoms with Gasteiger partial charge in [0, 0.05) is 11.4 Å². The Morgan fingerprint density at radius 1 is 1.37 bits per heavy atom. The summed E-state index contributed by atoms with van der Waals surface area (Å²) < 4.78 is 1.11. The van der Waals surface area contributed by atoms with Crippen LogP contribution in [0.25, 0.3) is 0 Å². The predicted molar refractivity (Wildman–Crippen MR) is 82.0 cm³/mol. The van der Waals surface area contributed by atoms with E-state index in [1.807, 2.05) is 6.07 Å². The number of carboxylic acids is 1. The number of hydrogen-bond acceptors (Lipinski definition) is 4. The zero-order valence-corrected chi connectivity index (χ0v) is 12.4. The number of carbonyl (C=O) groups is 1. The third-order valence-corrected chi connectivity index (χ3v) is 4.34. The van der Waals surface area contributed by atoms with Crippen LogP contribution >= 0.6 is 27.3 Å². The minimum atomic E-state index is -1.01. The van der Waals surface area contributed by atoms with E-state index in [2.05, 4.69) is 27.3 Å². The molecule has 0 atom stereocenters. The molecule has 0 saturated carbocycles. The zero-order valence-electron chi connectivity index (χ0n) is 10.0. The molecular weight excluding hydrogens is 328 g/mol. The van der Waals surface area contributed by atoms with Gasteiger partial charge in [0.2, 0.25) is 0 Å². The summed E-state index contributed by atoms with van der Waals surface area (Å²) >= 11 is 5.11. The van der Waals surface area contributed by atoms with Crippen molar-refractivity contribution in [1.82, 2.24) is 0 Å². The maximum absolute atomic E-state index is 11.0. The molecular formula is C13H13BrN2O2S. The fourth-order valence-electron chi connectivity index (χ4n) is 1.71. The Morgan fingerprint density at radius 2 is 2.16 bits per heavy atom. The van der Waals surface area contributed by atoms with E-state index in [4.69, 9.17) is 10.8 Å². The second kappa shape index (κ2) is 6.08. The maximum Gasteiger partial charge on any atom is 0.337 e. The Hall–Kier alpha value is -1.53. The lowest BCUT2D eigenvalue weighted by Crippen LogP contribution is -2.09. The molecule has 0 radical (unpaired) electrons. The van der Waals surface area contributed by atoms with Crippen molar-refractivity contribution >= 4 is 44.6 Å². The second-order valence-corrected chi connectivity index (χ2v) is 6.50. The summed E-state index contributed by atoms with van der Waals surface area (Å²) in [7, 11) is 0. The average Bonchev–Trinajstić information content (AvgIpc) is 2.77. The monoisotopic (exact) mass is 340 g/mol. The summed E-state index contributed by atoms with van der Waals surface area (Å²) in [5, 5.41) is 12.2. The Labute approximate surface area is 123 Å². The Balaban J connectivity index is 2.00. The van der Waals surface area contributed by atoms with E-state index in [1.54, 1.807) is 23.5 Å². The van der Waals surface area contributed by atoms with E-state index in [0.29, 0.717) is 12.2 Å². The maximum atomic E-state index is 11.0. The van der Waals surface area contributed by atoms with Crippen molar-refractivity contribution in [3.05, 3.63) is 44.6 Å². The SMILES string of the molecule is Nc1c(NCCc2ccc(Br)s2)cccc1C(=O)O. The minimum absolute atomic E-state index is 0.129. The van der Waals surface area contributed by atoms with Gasteiger partial charge in [-0.25, -0.2) is 4.79 Å². The number of thiophene rings is 1. The summed E-state index contributed by atoms with van der Waals surface area (Å²) in [6.45, 7) is 0.709. The van der Waals surface area contributed by atoms with Crippen molar-refractivity contribution in [3.8, 4) is 0 Å². The molecule has 0 saturated heterocycles. The highest BCUT2D eigenvalue weighted by Gasteiger charge is 2.10. The van der Waals surface area contributed by atoms with E-state index in [1.165, 1.54) is 10.9 Å². The first-order valence-electron chi connectivity index (χ1n) is 5.68. The standard InChI is InChI=1S/C13H13BrN2O2S/c14-11-5-4-8(19-11)6-7-16-10-3-1-2-9(12(10)15)13(17)18/h1-5,16H,6-7,15H2,(H,17,18). The summed E-state index contributed by atoms with van der Waals surface area (Å²) in [6, 6.07) is 9.04. The van der Waals surface area contributed by atoms with Crippen LogP contribution < -0.4 is 11.1 Å². The smallest absolute Gasteiger partial charge is 0.337 e. The molecule has 0 amide bonds. The lowest BCUT2D eigenvalue weighted by Gasteiger charge is -2.10. The van der Waals surface area contributed by atoms with Gasteiger partial charge in [0.25, 0.3) is 0 Å². The van der Waals surface area contributed by atoms with Gasteiger partial charge in [-0.2, -0.15) is 0 Å². The molecule has 0 bridgehead atoms. The van der Waals surface area contributed by atoms with Crippen LogP contribution in [-0.2, 0) is 6.42 Å². The van der Waals surface area contributed by atoms with E-state index in [9.17, 15) is 4.79 Å². The van der Waals surface area contributed by atoms with Gasteiger partial charge in [-0.05, 0) is 46.6 Å². The van der Waals surface area contributed by atoms with Crippen LogP contribution in [0.4, 0.5) is 11.4 Å². The topological polar surface area (TPSA) is 75.3 Å². The van der Waals surface area contributed by atoms with E-state index >= 15 is 0 Å². The van der Waals surface area contributed by atoms with Gasteiger partial charge < -0.3 is 16.2 Å². The summed E-state index contributed by atoms with van der Waals surface area (Å²) in [6.07, 6.45) is 0.868. The highest BCUT2D eigenvalue weighted by atomic mass is 79.9. The molecule has 2 rings (SSSR count). The number of benzene rings is 1. The van der Waals surface area contributed by atoms with Crippen molar-refractivity contribution in [3.63, 3.8) is 0 Å². The molecule has 0 aliphatic heterocycles. The fourth-order valence-corrected chi connectivity index (χ4v) is 3.19. The number of halogens is 1. The lowest BCUT2D eigenvalue weighted by atomic mass is 10.1. The zero-order chi connectivity index (χ0) is 13.8. The van der Waals surface area contributed by atoms with Crippen molar-refractivity contribution < 1.29 is 9.90 Å². The molecule has 0 aliphatic carbocycles. The Bertz CT molecular complexity index is 598. The summed E-state index contributed by atoms with van der Waals surface area (Å²) in [5.74, 6) is -1.01. The molecule has 1 aromatic carbocycles. The van der Waals surface area contributed by atoms with Gasteiger partial charge in [-0.15, -0.1) is 11.3 Å². The molecule has 0 fully saturated rings. The van der Waals surface area contributed by atoms with Gasteiger partial charge in [0.1, 0.15) is 0 Å². The number of carboxylic acid groups (broad SMARTS) is 1. The average molecular weight is 341 g/mol. The first-order chi connectivity index (χ1) is 9.08. The van der Waals surface area contributed by atoms with Gasteiger partial charge in [-0.3, -0.25) is 0 Å². The number of aromatic carboxylic acids is 1. The van der Waals surface area contributed by atoms with Crippen molar-refractivity contribution in [2.24, 2.45) is 0 Å². The van der Waals surface area contributed by atoms with Gasteiger partial charge >= 0.3 is 5.97 Å². The molecule has 0 aliphatic rings. The highest BCUT2D eigenvalue weighted by Crippen LogP contribution is 2.24. The highest BCUT2D eigenvalue weighted by molar-refractivity contribution is 9.11. The molecule has 4 N–H and O–H groups in total. The molecule has 4 nitrogen and oxygen atoms in total. The van der Waals surface area contributed by atoms with Crippen molar-refractivity contribution in [2.75, 3.05) is 17.6 Å². The predicted octanol–water partition coefficient (Wildman–Crippen LogP) is 3.45. The third-order valence-electron chi connectivity index (χ3n) is 2.65. The van der Waals surface area contributed by atoms with Gasteiger partial charge in [0.15, 0.2) is 0 Å². The fraction of sp³-hybridized carbons (Fsp3) is 0.154. The van der Waals surface area contributed by atoms with Crippen molar-refractivity contribution in [1.29, 1.82) is 0 Å². The van der Waals surface area contributed by atoms with Gasteiger partial charge in [0.05, 0.1) is 20.7 Å². The summed E-state index contributed by atoms with van der Waals surface area (Å²) in [5.41, 5.74) is 6.89. The number of anilines is 2. The first-order valence-corrected chi connectivity index (χ1v) is 7.28. The van der Waals surface area contributed by atoms with Crippen LogP contribution in [0.2, 0.25) is 0 Å². The van der Waals surface area contributed by atoms with E-state index in [-0.39, 0.29) is 11.3 Å². The minimum Gasteiger partial charge on any atom is -0.478 e. The van der Waals surface area contributed by atoms with E-state index in [0.717, 1.165) is 10.2 Å². The molecule has 0 unspecified atom stereocenters. The van der Waals surface area contributed by atoms with Crippen LogP contribution in [-0.4, -0.2) is 17.6 Å². The summed E-state index contributed by atoms with van der Waals surface area (Å²) in [4.78, 5) is 12.2. The van der Waals surface area contributed by atoms with E-state index < -0.39 is 5.97 Å². The second-order valence-electron chi connectivity index (χ2n) is 3.95. The van der Waals surface area contributed by atoms with Crippen LogP contribution in [0.15, 0.2) is 34.1 Å². The van der Waals surface area contributed by atoms with Crippen molar-refractivity contribution in [2.45, 2.75) is 6.42 Å². The Morgan fingerprint density at radius 3 is 2.79 bits per heavy atom. The van der Waals surface area contributed by atoms with Crippen LogP contribution in [0.1, 0.15) is 15.2 Å². The lowest BCUT2D eigenvalue weighted by molar-refractivity contribution is 0.0698. The van der Waals surface area contributed by atoms with Crippen LogP contribution in [0.3, 0.4) is 0 Å². The third kappa shape index (κ3) is 3.48. The molecule has 2 aromatic rings. The molecule has 1 aromatic heterocycles. The largest absolute Gasteiger partial charge is 0.478 e. The first kappa shape index (κ1) is 13.9. The number of rotatable bonds is 5. The number of nitrogen functional groups attached to an aromatic ring is 1. The normalized spacial score (nSPS) is 10.4. The number of hydrogen-bond donors (Lipinski definition) is 3. The number of nitrogens with one attached hydrogen (secondary N) is 1. The van der Waals surface area contributed by atoms with Crippen LogP contribution in [0, 0.1) is 0 Å². The molecule has 6 heteroatoms. The molecule has 0 spiro atoms. The number of para-hydroxylation sites is 1. The molecule has 1 heterocycles.